The van der Waals surface area contributed by atoms with E-state index < -0.39 is 23.1 Å². The van der Waals surface area contributed by atoms with Gasteiger partial charge in [-0.05, 0) is 35.9 Å². The number of carbonyl (C=O) groups excluding carboxylic acids is 1. The number of azo groups is 1. The van der Waals surface area contributed by atoms with Gasteiger partial charge in [0.05, 0.1) is 36.4 Å². The van der Waals surface area contributed by atoms with Crippen LogP contribution in [-0.4, -0.2) is 52.0 Å². The van der Waals surface area contributed by atoms with Crippen molar-refractivity contribution in [3.05, 3.63) is 151 Å². The van der Waals surface area contributed by atoms with Crippen molar-refractivity contribution in [3.8, 4) is 33.4 Å². The summed E-state index contributed by atoms with van der Waals surface area (Å²) in [5.74, 6) is -1.26. The summed E-state index contributed by atoms with van der Waals surface area (Å²) in [6.07, 6.45) is -3.43. The van der Waals surface area contributed by atoms with Crippen LogP contribution in [0.2, 0.25) is 0 Å². The lowest BCUT2D eigenvalue weighted by atomic mass is 10.1. The van der Waals surface area contributed by atoms with Gasteiger partial charge in [0.15, 0.2) is 5.69 Å². The minimum absolute atomic E-state index is 0.0590. The summed E-state index contributed by atoms with van der Waals surface area (Å²) in [6.45, 7) is 1.41. The Morgan fingerprint density at radius 1 is 0.933 bits per heavy atom. The van der Waals surface area contributed by atoms with E-state index in [0.29, 0.717) is 41.1 Å². The fraction of sp³-hybridized carbons (Fsp3) is 0.171. The zero-order chi connectivity index (χ0) is 42.1. The number of aromatic amines is 1. The second-order valence-corrected chi connectivity index (χ2v) is 15.6. The van der Waals surface area contributed by atoms with Crippen molar-refractivity contribution in [2.24, 2.45) is 10.2 Å². The fourth-order valence-electron chi connectivity index (χ4n) is 5.74. The van der Waals surface area contributed by atoms with Gasteiger partial charge in [-0.15, -0.1) is 21.6 Å². The normalized spacial score (nSPS) is 11.7. The van der Waals surface area contributed by atoms with E-state index in [0.717, 1.165) is 50.3 Å². The third-order valence-corrected chi connectivity index (χ3v) is 10.9. The number of hydrogen-bond donors (Lipinski definition) is 3. The molecule has 7 aromatic rings. The van der Waals surface area contributed by atoms with E-state index in [4.69, 9.17) is 9.47 Å². The summed E-state index contributed by atoms with van der Waals surface area (Å²) in [4.78, 5) is 35.7. The molecular weight excluding hydrogens is 889 g/mol. The monoisotopic (exact) mass is 920 g/mol. The quantitative estimate of drug-likeness (QED) is 0.0468. The number of ether oxygens (including phenoxy) is 2. The molecule has 0 unspecified atom stereocenters. The molecule has 3 N–H and O–H groups in total. The number of benzene rings is 4. The highest BCUT2D eigenvalue weighted by Crippen LogP contribution is 2.33. The van der Waals surface area contributed by atoms with Gasteiger partial charge < -0.3 is 20.1 Å². The molecule has 0 fully saturated rings. The molecule has 60 heavy (non-hydrogen) atoms. The average Bonchev–Trinajstić information content (AvgIpc) is 4.01. The smallest absolute Gasteiger partial charge is 0.419 e. The molecule has 0 bridgehead atoms. The minimum Gasteiger partial charge on any atom is -0.489 e. The Morgan fingerprint density at radius 2 is 1.68 bits per heavy atom. The van der Waals surface area contributed by atoms with E-state index in [9.17, 15) is 27.2 Å². The third-order valence-electron chi connectivity index (χ3n) is 8.66. The molecule has 19 heteroatoms. The molecular formula is C41H33BrF4N8O4S2. The van der Waals surface area contributed by atoms with Crippen molar-refractivity contribution in [2.75, 3.05) is 26.3 Å². The highest BCUT2D eigenvalue weighted by Gasteiger charge is 2.34. The summed E-state index contributed by atoms with van der Waals surface area (Å²) in [5, 5.41) is 20.1. The molecule has 0 aliphatic carbocycles. The SMILES string of the molecule is O=C(NCCOCCNCc1cc(Br)ccc1OCc1ccc(F)c(C(F)(F)F)c1)c1cnc(N=Nc2c(-c3ccccc3)[nH]n(-c3nc(-c4ccccc4)cs3)c2=O)s1. The number of aromatic nitrogens is 4. The van der Waals surface area contributed by atoms with Crippen LogP contribution in [0.3, 0.4) is 0 Å². The molecule has 7 rings (SSSR count). The fourth-order valence-corrected chi connectivity index (χ4v) is 7.59. The van der Waals surface area contributed by atoms with Crippen molar-refractivity contribution in [1.82, 2.24) is 30.4 Å². The Hall–Kier alpha value is -5.86. The van der Waals surface area contributed by atoms with E-state index >= 15 is 0 Å². The molecule has 1 amide bonds. The van der Waals surface area contributed by atoms with Gasteiger partial charge in [0, 0.05) is 46.2 Å². The van der Waals surface area contributed by atoms with Gasteiger partial charge in [0.1, 0.15) is 23.1 Å². The Morgan fingerprint density at radius 3 is 2.45 bits per heavy atom. The molecule has 4 aromatic carbocycles. The first-order valence-corrected chi connectivity index (χ1v) is 20.7. The minimum atomic E-state index is -4.81. The molecule has 12 nitrogen and oxygen atoms in total. The van der Waals surface area contributed by atoms with E-state index in [1.54, 1.807) is 12.1 Å². The van der Waals surface area contributed by atoms with Crippen LogP contribution in [0.5, 0.6) is 5.75 Å². The lowest BCUT2D eigenvalue weighted by Gasteiger charge is -2.14. The first-order chi connectivity index (χ1) is 29.0. The maximum absolute atomic E-state index is 13.7. The van der Waals surface area contributed by atoms with E-state index in [-0.39, 0.29) is 42.0 Å². The van der Waals surface area contributed by atoms with Crippen LogP contribution in [-0.2, 0) is 24.1 Å². The summed E-state index contributed by atoms with van der Waals surface area (Å²) in [5.41, 5.74) is 2.01. The number of nitrogens with one attached hydrogen (secondary N) is 3. The van der Waals surface area contributed by atoms with Gasteiger partial charge in [-0.25, -0.2) is 14.4 Å². The number of hydrogen-bond acceptors (Lipinski definition) is 11. The van der Waals surface area contributed by atoms with Gasteiger partial charge in [0.2, 0.25) is 10.3 Å². The van der Waals surface area contributed by atoms with Crippen LogP contribution in [0, 0.1) is 5.82 Å². The van der Waals surface area contributed by atoms with Crippen molar-refractivity contribution >= 4 is 55.3 Å². The standard InChI is InChI=1S/C41H33BrF4N8O4S2/c42-29-12-14-33(58-23-25-11-13-31(43)30(19-25)41(44,45)46)28(20-29)21-47-15-17-57-18-16-48-37(55)34-22-49-39(60-34)52-51-36-35(27-9-5-2-6-10-27)53-54(38(36)56)40-50-32(24-59-40)26-7-3-1-4-8-26/h1-14,19-20,22,24,47,53H,15-18,21,23H2,(H,48,55). The van der Waals surface area contributed by atoms with Crippen LogP contribution in [0.15, 0.2) is 128 Å². The lowest BCUT2D eigenvalue weighted by molar-refractivity contribution is -0.140. The first kappa shape index (κ1) is 42.3. The Labute approximate surface area is 356 Å². The molecule has 0 saturated heterocycles. The number of amides is 1. The summed E-state index contributed by atoms with van der Waals surface area (Å²) in [6, 6.07) is 26.9. The van der Waals surface area contributed by atoms with Crippen molar-refractivity contribution in [2.45, 2.75) is 19.3 Å². The first-order valence-electron chi connectivity index (χ1n) is 18.2. The summed E-state index contributed by atoms with van der Waals surface area (Å²) >= 11 is 5.74. The van der Waals surface area contributed by atoms with E-state index in [2.05, 4.69) is 51.9 Å². The molecule has 0 spiro atoms. The van der Waals surface area contributed by atoms with Crippen LogP contribution in [0.25, 0.3) is 27.6 Å². The Balaban J connectivity index is 0.881. The molecule has 0 atom stereocenters. The zero-order valence-electron chi connectivity index (χ0n) is 31.2. The maximum Gasteiger partial charge on any atom is 0.419 e. The van der Waals surface area contributed by atoms with Gasteiger partial charge >= 0.3 is 11.7 Å². The molecule has 0 saturated carbocycles. The number of carbonyl (C=O) groups is 1. The summed E-state index contributed by atoms with van der Waals surface area (Å²) < 4.78 is 66.6. The van der Waals surface area contributed by atoms with Crippen molar-refractivity contribution < 1.29 is 31.8 Å². The van der Waals surface area contributed by atoms with Crippen molar-refractivity contribution in [3.63, 3.8) is 0 Å². The largest absolute Gasteiger partial charge is 0.489 e. The Kier molecular flexibility index (Phi) is 13.7. The number of nitrogens with zero attached hydrogens (tertiary/aromatic N) is 5. The van der Waals surface area contributed by atoms with Gasteiger partial charge in [-0.2, -0.15) is 17.9 Å². The summed E-state index contributed by atoms with van der Waals surface area (Å²) in [7, 11) is 0. The van der Waals surface area contributed by atoms with Gasteiger partial charge in [-0.1, -0.05) is 94.0 Å². The highest BCUT2D eigenvalue weighted by molar-refractivity contribution is 9.10. The van der Waals surface area contributed by atoms with E-state index in [1.807, 2.05) is 72.1 Å². The molecule has 3 aromatic heterocycles. The number of thiazole rings is 2. The number of alkyl halides is 3. The number of halogens is 5. The molecule has 0 aliphatic heterocycles. The van der Waals surface area contributed by atoms with E-state index in [1.165, 1.54) is 28.3 Å². The maximum atomic E-state index is 13.7. The van der Waals surface area contributed by atoms with Gasteiger partial charge in [-0.3, -0.25) is 14.7 Å². The zero-order valence-corrected chi connectivity index (χ0v) is 34.4. The molecule has 308 valence electrons. The number of H-pyrrole nitrogens is 1. The predicted molar refractivity (Wildman–Crippen MR) is 224 cm³/mol. The molecule has 3 heterocycles. The van der Waals surface area contributed by atoms with Crippen LogP contribution >= 0.6 is 38.6 Å². The molecule has 0 radical (unpaired) electrons. The average molecular weight is 922 g/mol. The number of rotatable bonds is 17. The second kappa shape index (κ2) is 19.5. The molecule has 0 aliphatic rings. The third kappa shape index (κ3) is 10.7. The Bertz CT molecular complexity index is 2650. The van der Waals surface area contributed by atoms with Crippen LogP contribution < -0.4 is 20.9 Å². The second-order valence-electron chi connectivity index (χ2n) is 12.8. The highest BCUT2D eigenvalue weighted by atomic mass is 79.9. The lowest BCUT2D eigenvalue weighted by Crippen LogP contribution is -2.28. The van der Waals surface area contributed by atoms with Crippen LogP contribution in [0.1, 0.15) is 26.4 Å². The van der Waals surface area contributed by atoms with Crippen molar-refractivity contribution in [1.29, 1.82) is 0 Å². The predicted octanol–water partition coefficient (Wildman–Crippen LogP) is 9.86. The van der Waals surface area contributed by atoms with Crippen LogP contribution in [0.4, 0.5) is 28.4 Å². The van der Waals surface area contributed by atoms with Gasteiger partial charge in [0.25, 0.3) is 5.91 Å². The topological polar surface area (TPSA) is 148 Å².